The lowest BCUT2D eigenvalue weighted by Gasteiger charge is -2.01. The molecule has 4 heteroatoms. The predicted molar refractivity (Wildman–Crippen MR) is 80.8 cm³/mol. The van der Waals surface area contributed by atoms with Crippen molar-refractivity contribution in [2.45, 2.75) is 40.0 Å². The molecule has 1 aliphatic heterocycles. The Morgan fingerprint density at radius 3 is 2.45 bits per heavy atom. The fraction of sp³-hybridized carbons (Fsp3) is 0.500. The van der Waals surface area contributed by atoms with Gasteiger partial charge in [0.05, 0.1) is 6.61 Å². The average molecular weight is 279 g/mol. The number of benzene rings is 1. The van der Waals surface area contributed by atoms with Gasteiger partial charge < -0.3 is 10.1 Å². The zero-order valence-corrected chi connectivity index (χ0v) is 12.9. The molecule has 0 spiro atoms. The van der Waals surface area contributed by atoms with E-state index in [4.69, 9.17) is 0 Å². The number of amides is 1. The predicted octanol–water partition coefficient (Wildman–Crippen LogP) is 2.96. The molecule has 1 saturated heterocycles. The van der Waals surface area contributed by atoms with E-state index >= 15 is 0 Å². The Morgan fingerprint density at radius 1 is 1.35 bits per heavy atom. The third kappa shape index (κ3) is 6.92. The maximum Gasteiger partial charge on any atom is 0.305 e. The Bertz CT molecular complexity index is 408. The standard InChI is InChI=1S/C10H13NO.C4H6O2.C2H6/c1-3-8-5-4-6-9(7-8)10(12)11-2;5-4-2-1-3-6-4;1-2/h4-7H,3H2,1-2H3,(H,11,12);1-3H2;1-2H3. The van der Waals surface area contributed by atoms with Gasteiger partial charge in [-0.25, -0.2) is 0 Å². The first kappa shape index (κ1) is 18.2. The van der Waals surface area contributed by atoms with E-state index in [1.54, 1.807) is 7.05 Å². The van der Waals surface area contributed by atoms with Crippen LogP contribution in [0.5, 0.6) is 0 Å². The number of carbonyl (C=O) groups is 2. The highest BCUT2D eigenvalue weighted by Gasteiger charge is 2.08. The van der Waals surface area contributed by atoms with Crippen molar-refractivity contribution in [3.8, 4) is 0 Å². The van der Waals surface area contributed by atoms with E-state index in [0.29, 0.717) is 13.0 Å². The number of hydrogen-bond acceptors (Lipinski definition) is 3. The number of nitrogens with one attached hydrogen (secondary N) is 1. The summed E-state index contributed by atoms with van der Waals surface area (Å²) >= 11 is 0. The molecular weight excluding hydrogens is 254 g/mol. The van der Waals surface area contributed by atoms with Crippen molar-refractivity contribution in [1.82, 2.24) is 5.32 Å². The van der Waals surface area contributed by atoms with Gasteiger partial charge in [0.1, 0.15) is 0 Å². The molecule has 1 heterocycles. The monoisotopic (exact) mass is 279 g/mol. The Kier molecular flexibility index (Phi) is 10.0. The zero-order valence-electron chi connectivity index (χ0n) is 12.9. The van der Waals surface area contributed by atoms with Gasteiger partial charge in [0.25, 0.3) is 5.91 Å². The van der Waals surface area contributed by atoms with Crippen molar-refractivity contribution in [3.63, 3.8) is 0 Å². The molecule has 0 bridgehead atoms. The quantitative estimate of drug-likeness (QED) is 0.847. The normalized spacial score (nSPS) is 12.3. The van der Waals surface area contributed by atoms with Crippen LogP contribution in [0.2, 0.25) is 0 Å². The van der Waals surface area contributed by atoms with Crippen LogP contribution < -0.4 is 5.32 Å². The van der Waals surface area contributed by atoms with Crippen molar-refractivity contribution < 1.29 is 14.3 Å². The largest absolute Gasteiger partial charge is 0.466 e. The first-order valence-electron chi connectivity index (χ1n) is 7.14. The third-order valence-corrected chi connectivity index (χ3v) is 2.61. The van der Waals surface area contributed by atoms with E-state index in [1.165, 1.54) is 5.56 Å². The van der Waals surface area contributed by atoms with Gasteiger partial charge >= 0.3 is 5.97 Å². The van der Waals surface area contributed by atoms with Crippen molar-refractivity contribution >= 4 is 11.9 Å². The zero-order chi connectivity index (χ0) is 15.4. The van der Waals surface area contributed by atoms with Gasteiger partial charge in [0.15, 0.2) is 0 Å². The molecule has 0 aliphatic carbocycles. The molecule has 1 aliphatic rings. The van der Waals surface area contributed by atoms with Crippen molar-refractivity contribution in [2.75, 3.05) is 13.7 Å². The first-order chi connectivity index (χ1) is 9.67. The summed E-state index contributed by atoms with van der Waals surface area (Å²) in [4.78, 5) is 21.2. The summed E-state index contributed by atoms with van der Waals surface area (Å²) in [6, 6.07) is 7.66. The van der Waals surface area contributed by atoms with Gasteiger partial charge in [-0.2, -0.15) is 0 Å². The van der Waals surface area contributed by atoms with Crippen LogP contribution in [-0.2, 0) is 16.0 Å². The molecule has 1 aromatic rings. The molecule has 1 fully saturated rings. The summed E-state index contributed by atoms with van der Waals surface area (Å²) in [6.07, 6.45) is 2.50. The van der Waals surface area contributed by atoms with Crippen LogP contribution in [0.15, 0.2) is 24.3 Å². The topological polar surface area (TPSA) is 55.4 Å². The van der Waals surface area contributed by atoms with Crippen LogP contribution in [0, 0.1) is 0 Å². The van der Waals surface area contributed by atoms with E-state index in [1.807, 2.05) is 38.1 Å². The molecule has 1 aromatic carbocycles. The average Bonchev–Trinajstić information content (AvgIpc) is 3.00. The molecule has 112 valence electrons. The summed E-state index contributed by atoms with van der Waals surface area (Å²) in [6.45, 7) is 6.71. The number of esters is 1. The van der Waals surface area contributed by atoms with Crippen LogP contribution >= 0.6 is 0 Å². The lowest BCUT2D eigenvalue weighted by molar-refractivity contribution is -0.137. The molecule has 20 heavy (non-hydrogen) atoms. The molecule has 0 aromatic heterocycles. The van der Waals surface area contributed by atoms with E-state index in [-0.39, 0.29) is 11.9 Å². The lowest BCUT2D eigenvalue weighted by atomic mass is 10.1. The van der Waals surface area contributed by atoms with Crippen LogP contribution in [-0.4, -0.2) is 25.5 Å². The highest BCUT2D eigenvalue weighted by molar-refractivity contribution is 5.94. The molecule has 4 nitrogen and oxygen atoms in total. The number of rotatable bonds is 2. The lowest BCUT2D eigenvalue weighted by Crippen LogP contribution is -2.17. The second-order valence-electron chi connectivity index (χ2n) is 3.96. The molecule has 0 atom stereocenters. The molecule has 0 saturated carbocycles. The molecule has 0 unspecified atom stereocenters. The Hall–Kier alpha value is -1.84. The fourth-order valence-corrected chi connectivity index (χ4v) is 1.55. The summed E-state index contributed by atoms with van der Waals surface area (Å²) in [5.41, 5.74) is 1.92. The van der Waals surface area contributed by atoms with Gasteiger partial charge in [-0.05, 0) is 30.5 Å². The highest BCUT2D eigenvalue weighted by Crippen LogP contribution is 2.05. The van der Waals surface area contributed by atoms with Crippen molar-refractivity contribution in [2.24, 2.45) is 0 Å². The second-order valence-corrected chi connectivity index (χ2v) is 3.96. The number of ether oxygens (including phenoxy) is 1. The summed E-state index contributed by atoms with van der Waals surface area (Å²) in [5, 5.41) is 2.59. The van der Waals surface area contributed by atoms with Crippen molar-refractivity contribution in [1.29, 1.82) is 0 Å². The summed E-state index contributed by atoms with van der Waals surface area (Å²) < 4.78 is 4.51. The van der Waals surface area contributed by atoms with E-state index < -0.39 is 0 Å². The Labute approximate surface area is 121 Å². The summed E-state index contributed by atoms with van der Waals surface area (Å²) in [7, 11) is 1.64. The molecule has 0 radical (unpaired) electrons. The van der Waals surface area contributed by atoms with Crippen molar-refractivity contribution in [3.05, 3.63) is 35.4 Å². The Morgan fingerprint density at radius 2 is 2.05 bits per heavy atom. The maximum atomic E-state index is 11.2. The minimum Gasteiger partial charge on any atom is -0.466 e. The Balaban J connectivity index is 0.000000377. The van der Waals surface area contributed by atoms with E-state index in [9.17, 15) is 9.59 Å². The van der Waals surface area contributed by atoms with Gasteiger partial charge in [-0.15, -0.1) is 0 Å². The smallest absolute Gasteiger partial charge is 0.305 e. The highest BCUT2D eigenvalue weighted by atomic mass is 16.5. The summed E-state index contributed by atoms with van der Waals surface area (Å²) in [5.74, 6) is -0.0692. The van der Waals surface area contributed by atoms with E-state index in [0.717, 1.165) is 18.4 Å². The van der Waals surface area contributed by atoms with Crippen LogP contribution in [0.4, 0.5) is 0 Å². The van der Waals surface area contributed by atoms with Gasteiger partial charge in [-0.1, -0.05) is 32.9 Å². The number of aryl methyl sites for hydroxylation is 1. The number of cyclic esters (lactones) is 1. The second kappa shape index (κ2) is 11.0. The van der Waals surface area contributed by atoms with Gasteiger partial charge in [0, 0.05) is 19.0 Å². The number of hydrogen-bond donors (Lipinski definition) is 1. The molecule has 1 amide bonds. The maximum absolute atomic E-state index is 11.2. The van der Waals surface area contributed by atoms with Gasteiger partial charge in [-0.3, -0.25) is 9.59 Å². The molecule has 2 rings (SSSR count). The van der Waals surface area contributed by atoms with Crippen LogP contribution in [0.25, 0.3) is 0 Å². The minimum atomic E-state index is -0.0463. The molecular formula is C16H25NO3. The number of carbonyl (C=O) groups excluding carboxylic acids is 2. The van der Waals surface area contributed by atoms with E-state index in [2.05, 4.69) is 17.0 Å². The van der Waals surface area contributed by atoms with Crippen LogP contribution in [0.1, 0.15) is 49.5 Å². The fourth-order valence-electron chi connectivity index (χ4n) is 1.55. The minimum absolute atomic E-state index is 0.0229. The van der Waals surface area contributed by atoms with Crippen LogP contribution in [0.3, 0.4) is 0 Å². The third-order valence-electron chi connectivity index (χ3n) is 2.61. The van der Waals surface area contributed by atoms with Gasteiger partial charge in [0.2, 0.25) is 0 Å². The SMILES string of the molecule is CC.CCc1cccc(C(=O)NC)c1.O=C1CCCO1. The first-order valence-corrected chi connectivity index (χ1v) is 7.14. The molecule has 1 N–H and O–H groups in total.